The monoisotopic (exact) mass is 672 g/mol. The van der Waals surface area contributed by atoms with Crippen LogP contribution in [0.3, 0.4) is 0 Å². The summed E-state index contributed by atoms with van der Waals surface area (Å²) in [4.78, 5) is 61.9. The molecule has 0 bridgehead atoms. The van der Waals surface area contributed by atoms with E-state index in [4.69, 9.17) is 15.4 Å². The second-order valence-corrected chi connectivity index (χ2v) is 13.5. The highest BCUT2D eigenvalue weighted by Gasteiger charge is 2.54. The molecular weight excluding hydrogens is 620 g/mol. The molecule has 1 unspecified atom stereocenters. The van der Waals surface area contributed by atoms with E-state index in [1.807, 2.05) is 119 Å². The Kier molecular flexibility index (Phi) is 15.4. The van der Waals surface area contributed by atoms with E-state index >= 15 is 4.79 Å². The molecule has 3 aromatic carbocycles. The number of amides is 3. The molecule has 4 atom stereocenters. The average molecular weight is 673 g/mol. The van der Waals surface area contributed by atoms with Gasteiger partial charge in [-0.05, 0) is 61.1 Å². The van der Waals surface area contributed by atoms with Gasteiger partial charge in [0.25, 0.3) is 0 Å². The maximum Gasteiger partial charge on any atom is 0.408 e. The summed E-state index contributed by atoms with van der Waals surface area (Å²) < 4.78 is 5.45. The summed E-state index contributed by atoms with van der Waals surface area (Å²) in [7, 11) is 0. The third kappa shape index (κ3) is 11.8. The maximum absolute atomic E-state index is 15.0. The Morgan fingerprint density at radius 2 is 1.24 bits per heavy atom. The molecule has 10 heteroatoms. The Hall–Kier alpha value is -4.54. The van der Waals surface area contributed by atoms with E-state index in [1.165, 1.54) is 0 Å². The van der Waals surface area contributed by atoms with E-state index in [0.29, 0.717) is 6.42 Å². The molecule has 0 spiro atoms. The zero-order valence-electron chi connectivity index (χ0n) is 29.3. The van der Waals surface area contributed by atoms with E-state index in [2.05, 4.69) is 16.2 Å². The first-order valence-electron chi connectivity index (χ1n) is 17.0. The van der Waals surface area contributed by atoms with Crippen LogP contribution in [0, 0.1) is 29.1 Å². The number of aryl methyl sites for hydroxylation is 1. The fourth-order valence-corrected chi connectivity index (χ4v) is 6.60. The summed E-state index contributed by atoms with van der Waals surface area (Å²) in [6.45, 7) is 9.52. The summed E-state index contributed by atoms with van der Waals surface area (Å²) in [5.41, 5.74) is 6.02. The van der Waals surface area contributed by atoms with E-state index in [1.54, 1.807) is 6.92 Å². The van der Waals surface area contributed by atoms with Crippen LogP contribution in [0.15, 0.2) is 91.0 Å². The lowest BCUT2D eigenvalue weighted by atomic mass is 9.58. The number of Topliss-reactive ketones (excluding diaryl/α,β-unsaturated/α-hetero) is 1. The molecule has 0 aromatic heterocycles. The number of hydrogen-bond acceptors (Lipinski definition) is 7. The van der Waals surface area contributed by atoms with Crippen LogP contribution >= 0.6 is 0 Å². The number of hydrazine groups is 1. The van der Waals surface area contributed by atoms with Gasteiger partial charge in [0.1, 0.15) is 6.61 Å². The number of alkyl carbamates (subject to hydrolysis) is 1. The molecule has 3 rings (SSSR count). The van der Waals surface area contributed by atoms with Crippen molar-refractivity contribution >= 4 is 23.7 Å². The van der Waals surface area contributed by atoms with Gasteiger partial charge in [-0.25, -0.2) is 16.1 Å². The lowest BCUT2D eigenvalue weighted by Gasteiger charge is -2.44. The highest BCUT2D eigenvalue weighted by molar-refractivity contribution is 5.98. The van der Waals surface area contributed by atoms with Crippen molar-refractivity contribution in [3.05, 3.63) is 108 Å². The lowest BCUT2D eigenvalue weighted by Crippen LogP contribution is -2.58. The number of carbonyl (C=O) groups excluding carboxylic acids is 4. The van der Waals surface area contributed by atoms with Crippen LogP contribution in [-0.4, -0.2) is 29.7 Å². The van der Waals surface area contributed by atoms with Gasteiger partial charge in [-0.1, -0.05) is 119 Å². The van der Waals surface area contributed by atoms with Gasteiger partial charge in [-0.3, -0.25) is 24.6 Å². The van der Waals surface area contributed by atoms with Crippen LogP contribution < -0.4 is 22.1 Å². The zero-order valence-corrected chi connectivity index (χ0v) is 29.3. The Morgan fingerprint density at radius 1 is 0.714 bits per heavy atom. The number of rotatable bonds is 19. The first kappa shape index (κ1) is 38.9. The second kappa shape index (κ2) is 19.5. The second-order valence-electron chi connectivity index (χ2n) is 13.5. The van der Waals surface area contributed by atoms with Crippen molar-refractivity contribution in [1.82, 2.24) is 16.2 Å². The number of hydroxylamine groups is 1. The van der Waals surface area contributed by atoms with Crippen molar-refractivity contribution in [2.45, 2.75) is 79.6 Å². The molecule has 3 aromatic rings. The number of carbonyl (C=O) groups is 4. The van der Waals surface area contributed by atoms with Gasteiger partial charge in [0, 0.05) is 5.41 Å². The highest BCUT2D eigenvalue weighted by Crippen LogP contribution is 2.47. The molecule has 0 radical (unpaired) electrons. The van der Waals surface area contributed by atoms with Gasteiger partial charge >= 0.3 is 6.09 Å². The fraction of sp³-hybridized carbons (Fsp3) is 0.436. The first-order valence-corrected chi connectivity index (χ1v) is 17.0. The average Bonchev–Trinajstić information content (AvgIpc) is 3.09. The molecule has 10 nitrogen and oxygen atoms in total. The predicted octanol–water partition coefficient (Wildman–Crippen LogP) is 6.05. The normalized spacial score (nSPS) is 14.3. The number of hydrogen-bond donors (Lipinski definition) is 4. The fourth-order valence-electron chi connectivity index (χ4n) is 6.60. The smallest absolute Gasteiger partial charge is 0.408 e. The van der Waals surface area contributed by atoms with Crippen LogP contribution in [0.5, 0.6) is 0 Å². The van der Waals surface area contributed by atoms with Gasteiger partial charge in [-0.2, -0.15) is 0 Å². The van der Waals surface area contributed by atoms with Crippen molar-refractivity contribution < 1.29 is 28.8 Å². The molecule has 0 fully saturated rings. The molecule has 0 aliphatic rings. The SMILES string of the molecule is CC(C)C[C@@H](C(=O)NN)[C@H](C(=O)NOCc1ccccc1)C(CCc1ccccc1)(CC(C)C)C(=O)[C@@H](C)NC(=O)OCc1ccccc1. The van der Waals surface area contributed by atoms with Crippen LogP contribution in [0.1, 0.15) is 70.6 Å². The third-order valence-electron chi connectivity index (χ3n) is 8.65. The van der Waals surface area contributed by atoms with Gasteiger partial charge in [0.15, 0.2) is 5.78 Å². The molecule has 0 saturated heterocycles. The molecule has 0 saturated carbocycles. The van der Waals surface area contributed by atoms with E-state index in [9.17, 15) is 14.4 Å². The summed E-state index contributed by atoms with van der Waals surface area (Å²) in [6.07, 6.45) is 0.434. The molecule has 264 valence electrons. The lowest BCUT2D eigenvalue weighted by molar-refractivity contribution is -0.158. The van der Waals surface area contributed by atoms with Crippen LogP contribution in [-0.2, 0) is 43.6 Å². The number of nitrogens with one attached hydrogen (secondary N) is 3. The van der Waals surface area contributed by atoms with Gasteiger partial charge in [0.05, 0.1) is 24.5 Å². The molecule has 5 N–H and O–H groups in total. The molecule has 49 heavy (non-hydrogen) atoms. The summed E-state index contributed by atoms with van der Waals surface area (Å²) in [6, 6.07) is 27.2. The minimum absolute atomic E-state index is 0.0210. The predicted molar refractivity (Wildman–Crippen MR) is 189 cm³/mol. The van der Waals surface area contributed by atoms with Crippen molar-refractivity contribution in [1.29, 1.82) is 0 Å². The van der Waals surface area contributed by atoms with E-state index in [-0.39, 0.29) is 50.1 Å². The maximum atomic E-state index is 15.0. The molecule has 0 aliphatic heterocycles. The Bertz CT molecular complexity index is 1470. The van der Waals surface area contributed by atoms with E-state index < -0.39 is 41.2 Å². The zero-order chi connectivity index (χ0) is 35.8. The molecule has 0 heterocycles. The van der Waals surface area contributed by atoms with Crippen molar-refractivity contribution in [3.8, 4) is 0 Å². The van der Waals surface area contributed by atoms with Gasteiger partial charge < -0.3 is 10.1 Å². The minimum Gasteiger partial charge on any atom is -0.445 e. The molecular formula is C39H52N4O6. The first-order chi connectivity index (χ1) is 23.5. The van der Waals surface area contributed by atoms with Crippen molar-refractivity contribution in [2.24, 2.45) is 34.9 Å². The Labute approximate surface area is 290 Å². The molecule has 0 aliphatic carbocycles. The standard InChI is InChI=1S/C39H52N4O6/c1-27(2)23-33(36(45)42-40)34(37(46)43-49-26-32-19-13-8-14-20-32)39(24-28(3)4,22-21-30-15-9-6-10-16-30)35(44)29(5)41-38(47)48-25-31-17-11-7-12-18-31/h6-20,27-29,33-34H,21-26,40H2,1-5H3,(H,41,47)(H,42,45)(H,43,46)/t29-,33-,34-,39?/m1/s1. The van der Waals surface area contributed by atoms with Gasteiger partial charge in [-0.15, -0.1) is 0 Å². The van der Waals surface area contributed by atoms with Crippen LogP contribution in [0.4, 0.5) is 4.79 Å². The number of nitrogens with two attached hydrogens (primary N) is 1. The van der Waals surface area contributed by atoms with Crippen molar-refractivity contribution in [3.63, 3.8) is 0 Å². The summed E-state index contributed by atoms with van der Waals surface area (Å²) in [5.74, 6) is 1.92. The van der Waals surface area contributed by atoms with Gasteiger partial charge in [0.2, 0.25) is 11.8 Å². The number of ether oxygens (including phenoxy) is 1. The topological polar surface area (TPSA) is 149 Å². The quantitative estimate of drug-likeness (QED) is 0.0688. The minimum atomic E-state index is -1.43. The number of benzene rings is 3. The number of ketones is 1. The largest absolute Gasteiger partial charge is 0.445 e. The van der Waals surface area contributed by atoms with Crippen LogP contribution in [0.2, 0.25) is 0 Å². The summed E-state index contributed by atoms with van der Waals surface area (Å²) in [5, 5.41) is 2.71. The third-order valence-corrected chi connectivity index (χ3v) is 8.65. The van der Waals surface area contributed by atoms with E-state index in [0.717, 1.165) is 16.7 Å². The summed E-state index contributed by atoms with van der Waals surface area (Å²) >= 11 is 0. The Morgan fingerprint density at radius 3 is 1.76 bits per heavy atom. The van der Waals surface area contributed by atoms with Crippen LogP contribution in [0.25, 0.3) is 0 Å². The van der Waals surface area contributed by atoms with Crippen molar-refractivity contribution in [2.75, 3.05) is 0 Å². The Balaban J connectivity index is 2.07. The highest BCUT2D eigenvalue weighted by atomic mass is 16.6. The molecule has 3 amide bonds.